The van der Waals surface area contributed by atoms with Gasteiger partial charge in [-0.05, 0) is 56.0 Å². The van der Waals surface area contributed by atoms with Crippen LogP contribution in [-0.4, -0.2) is 30.3 Å². The molecule has 1 aromatic carbocycles. The minimum Gasteiger partial charge on any atom is -0.379 e. The predicted octanol–water partition coefficient (Wildman–Crippen LogP) is 3.39. The van der Waals surface area contributed by atoms with Crippen LogP contribution in [0.4, 0.5) is 10.5 Å². The Hall–Kier alpha value is -2.40. The number of aromatic nitrogens is 1. The second kappa shape index (κ2) is 7.66. The van der Waals surface area contributed by atoms with Crippen molar-refractivity contribution in [3.05, 3.63) is 58.9 Å². The average molecular weight is 339 g/mol. The van der Waals surface area contributed by atoms with E-state index in [1.54, 1.807) is 12.4 Å². The quantitative estimate of drug-likeness (QED) is 0.897. The number of ether oxygens (including phenoxy) is 1. The molecule has 1 fully saturated rings. The Balaban J connectivity index is 1.62. The molecule has 1 aliphatic rings. The van der Waals surface area contributed by atoms with Crippen molar-refractivity contribution < 1.29 is 9.53 Å². The Morgan fingerprint density at radius 2 is 1.84 bits per heavy atom. The summed E-state index contributed by atoms with van der Waals surface area (Å²) in [4.78, 5) is 16.5. The van der Waals surface area contributed by atoms with Crippen LogP contribution >= 0.6 is 0 Å². The third-order valence-electron chi connectivity index (χ3n) is 4.68. The molecule has 5 nitrogen and oxygen atoms in total. The van der Waals surface area contributed by atoms with Crippen molar-refractivity contribution in [2.45, 2.75) is 33.2 Å². The topological polar surface area (TPSA) is 63.2 Å². The SMILES string of the molecule is Cc1cc(C)c(NC(=O)N[C@@H]2COC[C@H]2Cc2ccncc2)c(C)c1. The van der Waals surface area contributed by atoms with Gasteiger partial charge in [0.2, 0.25) is 0 Å². The highest BCUT2D eigenvalue weighted by molar-refractivity contribution is 5.91. The van der Waals surface area contributed by atoms with Crippen LogP contribution in [0.25, 0.3) is 0 Å². The number of carbonyl (C=O) groups is 1. The minimum atomic E-state index is -0.176. The molecular weight excluding hydrogens is 314 g/mol. The van der Waals surface area contributed by atoms with Gasteiger partial charge in [-0.25, -0.2) is 4.79 Å². The fourth-order valence-electron chi connectivity index (χ4n) is 3.48. The summed E-state index contributed by atoms with van der Waals surface area (Å²) < 4.78 is 5.60. The largest absolute Gasteiger partial charge is 0.379 e. The van der Waals surface area contributed by atoms with Crippen molar-refractivity contribution in [3.63, 3.8) is 0 Å². The standard InChI is InChI=1S/C20H25N3O2/c1-13-8-14(2)19(15(3)9-13)23-20(24)22-18-12-25-11-17(18)10-16-4-6-21-7-5-16/h4-9,17-18H,10-12H2,1-3H3,(H2,22,23,24)/t17-,18-/m1/s1. The third-order valence-corrected chi connectivity index (χ3v) is 4.68. The van der Waals surface area contributed by atoms with Crippen molar-refractivity contribution in [1.82, 2.24) is 10.3 Å². The molecule has 0 spiro atoms. The first-order chi connectivity index (χ1) is 12.0. The molecule has 2 heterocycles. The molecule has 0 bridgehead atoms. The zero-order chi connectivity index (χ0) is 17.8. The van der Waals surface area contributed by atoms with Crippen molar-refractivity contribution in [2.75, 3.05) is 18.5 Å². The van der Waals surface area contributed by atoms with Crippen LogP contribution in [0.15, 0.2) is 36.7 Å². The Kier molecular flexibility index (Phi) is 5.34. The number of anilines is 1. The first-order valence-corrected chi connectivity index (χ1v) is 8.65. The van der Waals surface area contributed by atoms with Gasteiger partial charge in [0.15, 0.2) is 0 Å². The van der Waals surface area contributed by atoms with Crippen LogP contribution in [0.1, 0.15) is 22.3 Å². The van der Waals surface area contributed by atoms with Crippen LogP contribution in [0.3, 0.4) is 0 Å². The fraction of sp³-hybridized carbons (Fsp3) is 0.400. The zero-order valence-corrected chi connectivity index (χ0v) is 15.0. The summed E-state index contributed by atoms with van der Waals surface area (Å²) >= 11 is 0. The molecule has 1 aromatic heterocycles. The smallest absolute Gasteiger partial charge is 0.319 e. The van der Waals surface area contributed by atoms with Crippen LogP contribution < -0.4 is 10.6 Å². The molecule has 0 saturated carbocycles. The fourth-order valence-corrected chi connectivity index (χ4v) is 3.48. The first kappa shape index (κ1) is 17.4. The molecule has 132 valence electrons. The molecular formula is C20H25N3O2. The van der Waals surface area contributed by atoms with Crippen molar-refractivity contribution >= 4 is 11.7 Å². The number of carbonyl (C=O) groups excluding carboxylic acids is 1. The highest BCUT2D eigenvalue weighted by Crippen LogP contribution is 2.23. The van der Waals surface area contributed by atoms with Gasteiger partial charge in [0.25, 0.3) is 0 Å². The maximum absolute atomic E-state index is 12.5. The maximum atomic E-state index is 12.5. The second-order valence-corrected chi connectivity index (χ2v) is 6.84. The number of rotatable bonds is 4. The van der Waals surface area contributed by atoms with E-state index >= 15 is 0 Å². The van der Waals surface area contributed by atoms with Gasteiger partial charge >= 0.3 is 6.03 Å². The van der Waals surface area contributed by atoms with Crippen LogP contribution in [0.5, 0.6) is 0 Å². The number of hydrogen-bond donors (Lipinski definition) is 2. The molecule has 2 amide bonds. The highest BCUT2D eigenvalue weighted by atomic mass is 16.5. The monoisotopic (exact) mass is 339 g/mol. The van der Waals surface area contributed by atoms with Crippen molar-refractivity contribution in [3.8, 4) is 0 Å². The summed E-state index contributed by atoms with van der Waals surface area (Å²) in [5.41, 5.74) is 5.44. The van der Waals surface area contributed by atoms with E-state index in [0.29, 0.717) is 13.2 Å². The van der Waals surface area contributed by atoms with E-state index in [-0.39, 0.29) is 18.0 Å². The van der Waals surface area contributed by atoms with E-state index in [1.165, 1.54) is 11.1 Å². The van der Waals surface area contributed by atoms with Gasteiger partial charge < -0.3 is 15.4 Å². The predicted molar refractivity (Wildman–Crippen MR) is 98.8 cm³/mol. The van der Waals surface area contributed by atoms with Gasteiger partial charge in [-0.1, -0.05) is 17.7 Å². The third kappa shape index (κ3) is 4.37. The van der Waals surface area contributed by atoms with Crippen molar-refractivity contribution in [1.29, 1.82) is 0 Å². The summed E-state index contributed by atoms with van der Waals surface area (Å²) in [6, 6.07) is 8.01. The number of urea groups is 1. The summed E-state index contributed by atoms with van der Waals surface area (Å²) in [5.74, 6) is 0.272. The Morgan fingerprint density at radius 3 is 2.52 bits per heavy atom. The van der Waals surface area contributed by atoms with Gasteiger partial charge in [-0.2, -0.15) is 0 Å². The number of nitrogens with zero attached hydrogens (tertiary/aromatic N) is 1. The van der Waals surface area contributed by atoms with E-state index in [4.69, 9.17) is 4.74 Å². The van der Waals surface area contributed by atoms with Gasteiger partial charge in [0.05, 0.1) is 19.3 Å². The molecule has 1 saturated heterocycles. The minimum absolute atomic E-state index is 0.0132. The molecule has 1 aliphatic heterocycles. The first-order valence-electron chi connectivity index (χ1n) is 8.65. The molecule has 2 aromatic rings. The van der Waals surface area contributed by atoms with Gasteiger partial charge in [0, 0.05) is 24.0 Å². The van der Waals surface area contributed by atoms with E-state index in [0.717, 1.165) is 23.2 Å². The summed E-state index contributed by atoms with van der Waals surface area (Å²) in [6.45, 7) is 7.30. The van der Waals surface area contributed by atoms with E-state index < -0.39 is 0 Å². The Bertz CT molecular complexity index is 723. The molecule has 25 heavy (non-hydrogen) atoms. The highest BCUT2D eigenvalue weighted by Gasteiger charge is 2.29. The lowest BCUT2D eigenvalue weighted by Gasteiger charge is -2.20. The summed E-state index contributed by atoms with van der Waals surface area (Å²) in [5, 5.41) is 6.08. The molecule has 3 rings (SSSR count). The Morgan fingerprint density at radius 1 is 1.16 bits per heavy atom. The molecule has 2 N–H and O–H groups in total. The summed E-state index contributed by atoms with van der Waals surface area (Å²) in [7, 11) is 0. The molecule has 0 aliphatic carbocycles. The van der Waals surface area contributed by atoms with Gasteiger partial charge in [0.1, 0.15) is 0 Å². The van der Waals surface area contributed by atoms with Gasteiger partial charge in [-0.15, -0.1) is 0 Å². The molecule has 5 heteroatoms. The molecule has 2 atom stereocenters. The number of amides is 2. The lowest BCUT2D eigenvalue weighted by atomic mass is 9.95. The summed E-state index contributed by atoms with van der Waals surface area (Å²) in [6.07, 6.45) is 4.46. The van der Waals surface area contributed by atoms with Crippen LogP contribution in [0.2, 0.25) is 0 Å². The number of nitrogens with one attached hydrogen (secondary N) is 2. The van der Waals surface area contributed by atoms with Crippen LogP contribution in [0, 0.1) is 26.7 Å². The number of hydrogen-bond acceptors (Lipinski definition) is 3. The average Bonchev–Trinajstić information content (AvgIpc) is 2.98. The second-order valence-electron chi connectivity index (χ2n) is 6.84. The number of pyridine rings is 1. The van der Waals surface area contributed by atoms with Crippen molar-refractivity contribution in [2.24, 2.45) is 5.92 Å². The lowest BCUT2D eigenvalue weighted by Crippen LogP contribution is -2.43. The Labute approximate surface area is 148 Å². The molecule has 0 unspecified atom stereocenters. The normalized spacial score (nSPS) is 19.6. The maximum Gasteiger partial charge on any atom is 0.319 e. The van der Waals surface area contributed by atoms with E-state index in [2.05, 4.69) is 34.7 Å². The zero-order valence-electron chi connectivity index (χ0n) is 15.0. The number of aryl methyl sites for hydroxylation is 3. The number of benzene rings is 1. The van der Waals surface area contributed by atoms with Gasteiger partial charge in [-0.3, -0.25) is 4.98 Å². The lowest BCUT2D eigenvalue weighted by molar-refractivity contribution is 0.182. The van der Waals surface area contributed by atoms with E-state index in [1.807, 2.05) is 26.0 Å². The molecule has 0 radical (unpaired) electrons. The van der Waals surface area contributed by atoms with E-state index in [9.17, 15) is 4.79 Å². The van der Waals surface area contributed by atoms with Crippen LogP contribution in [-0.2, 0) is 11.2 Å².